The molecule has 0 aliphatic carbocycles. The number of hydrogen-bond acceptors (Lipinski definition) is 3. The molecule has 0 aromatic heterocycles. The zero-order chi connectivity index (χ0) is 12.0. The Kier molecular flexibility index (Phi) is 5.39. The van der Waals surface area contributed by atoms with Crippen LogP contribution in [0.2, 0.25) is 0 Å². The molecule has 0 saturated heterocycles. The molecule has 0 aliphatic heterocycles. The Morgan fingerprint density at radius 1 is 1.47 bits per heavy atom. The molecule has 0 radical (unpaired) electrons. The van der Waals surface area contributed by atoms with Crippen LogP contribution in [0.15, 0.2) is 0 Å². The van der Waals surface area contributed by atoms with Gasteiger partial charge in [-0.15, -0.1) is 0 Å². The van der Waals surface area contributed by atoms with Crippen LogP contribution in [0.5, 0.6) is 0 Å². The van der Waals surface area contributed by atoms with E-state index < -0.39 is 11.8 Å². The molecule has 0 fully saturated rings. The lowest BCUT2D eigenvalue weighted by atomic mass is 9.96. The Bertz CT molecular complexity index is 281. The highest BCUT2D eigenvalue weighted by Gasteiger charge is 2.26. The number of nitrogens with zero attached hydrogens (tertiary/aromatic N) is 2. The number of amides is 2. The summed E-state index contributed by atoms with van der Waals surface area (Å²) < 4.78 is 0. The van der Waals surface area contributed by atoms with E-state index in [4.69, 9.17) is 11.0 Å². The number of carbonyl (C=O) groups is 2. The third kappa shape index (κ3) is 3.98. The average molecular weight is 211 g/mol. The second-order valence-electron chi connectivity index (χ2n) is 3.67. The minimum atomic E-state index is -0.704. The number of nitrogens with two attached hydrogens (primary N) is 1. The summed E-state index contributed by atoms with van der Waals surface area (Å²) in [4.78, 5) is 23.8. The average Bonchev–Trinajstić information content (AvgIpc) is 2.14. The predicted molar refractivity (Wildman–Crippen MR) is 55.4 cm³/mol. The summed E-state index contributed by atoms with van der Waals surface area (Å²) in [5.41, 5.74) is 5.01. The maximum Gasteiger partial charge on any atom is 0.240 e. The molecule has 0 aromatic carbocycles. The first-order valence-corrected chi connectivity index (χ1v) is 4.90. The Morgan fingerprint density at radius 2 is 2.00 bits per heavy atom. The summed E-state index contributed by atoms with van der Waals surface area (Å²) in [6.07, 6.45) is 0. The Hall–Kier alpha value is -1.57. The molecule has 0 saturated carbocycles. The molecular weight excluding hydrogens is 194 g/mol. The lowest BCUT2D eigenvalue weighted by Crippen LogP contribution is -2.42. The third-order valence-electron chi connectivity index (χ3n) is 2.11. The largest absolute Gasteiger partial charge is 0.368 e. The molecule has 5 heteroatoms. The Balaban J connectivity index is 4.64. The van der Waals surface area contributed by atoms with E-state index in [1.807, 2.05) is 6.07 Å². The summed E-state index contributed by atoms with van der Waals surface area (Å²) in [5.74, 6) is -1.66. The number of hydrogen-bond donors (Lipinski definition) is 1. The van der Waals surface area contributed by atoms with Crippen molar-refractivity contribution in [3.8, 4) is 6.07 Å². The molecule has 0 rings (SSSR count). The van der Waals surface area contributed by atoms with Gasteiger partial charge in [0, 0.05) is 6.54 Å². The van der Waals surface area contributed by atoms with Crippen molar-refractivity contribution in [2.45, 2.75) is 20.8 Å². The van der Waals surface area contributed by atoms with Gasteiger partial charge in [-0.2, -0.15) is 5.26 Å². The maximum atomic E-state index is 11.8. The SMILES string of the molecule is CCN(CC(N)=O)C(=O)C(C#N)C(C)C. The smallest absolute Gasteiger partial charge is 0.240 e. The van der Waals surface area contributed by atoms with Crippen LogP contribution in [0.25, 0.3) is 0 Å². The lowest BCUT2D eigenvalue weighted by Gasteiger charge is -2.23. The minimum Gasteiger partial charge on any atom is -0.368 e. The van der Waals surface area contributed by atoms with Gasteiger partial charge in [-0.3, -0.25) is 9.59 Å². The van der Waals surface area contributed by atoms with Gasteiger partial charge in [0.1, 0.15) is 5.92 Å². The van der Waals surface area contributed by atoms with Crippen LogP contribution in [0.4, 0.5) is 0 Å². The third-order valence-corrected chi connectivity index (χ3v) is 2.11. The molecule has 1 atom stereocenters. The van der Waals surface area contributed by atoms with Crippen LogP contribution in [0.1, 0.15) is 20.8 Å². The van der Waals surface area contributed by atoms with Crippen LogP contribution >= 0.6 is 0 Å². The van der Waals surface area contributed by atoms with E-state index in [-0.39, 0.29) is 18.4 Å². The van der Waals surface area contributed by atoms with E-state index in [1.54, 1.807) is 20.8 Å². The van der Waals surface area contributed by atoms with Gasteiger partial charge in [-0.05, 0) is 12.8 Å². The molecule has 15 heavy (non-hydrogen) atoms. The molecule has 2 amide bonds. The Labute approximate surface area is 89.8 Å². The summed E-state index contributed by atoms with van der Waals surface area (Å²) in [6, 6.07) is 1.95. The highest BCUT2D eigenvalue weighted by Crippen LogP contribution is 2.13. The Morgan fingerprint density at radius 3 is 2.27 bits per heavy atom. The van der Waals surface area contributed by atoms with Crippen LogP contribution in [0, 0.1) is 23.2 Å². The molecule has 0 aromatic rings. The first-order valence-electron chi connectivity index (χ1n) is 4.90. The summed E-state index contributed by atoms with van der Waals surface area (Å²) >= 11 is 0. The van der Waals surface area contributed by atoms with Crippen LogP contribution in [-0.2, 0) is 9.59 Å². The van der Waals surface area contributed by atoms with E-state index in [0.717, 1.165) is 0 Å². The van der Waals surface area contributed by atoms with Crippen LogP contribution < -0.4 is 5.73 Å². The van der Waals surface area contributed by atoms with Crippen molar-refractivity contribution in [3.63, 3.8) is 0 Å². The molecule has 84 valence electrons. The normalized spacial score (nSPS) is 11.9. The molecule has 0 heterocycles. The van der Waals surface area contributed by atoms with E-state index in [1.165, 1.54) is 4.90 Å². The van der Waals surface area contributed by atoms with Crippen molar-refractivity contribution in [2.75, 3.05) is 13.1 Å². The van der Waals surface area contributed by atoms with E-state index in [0.29, 0.717) is 6.54 Å². The lowest BCUT2D eigenvalue weighted by molar-refractivity contribution is -0.138. The van der Waals surface area contributed by atoms with Crippen molar-refractivity contribution in [1.29, 1.82) is 5.26 Å². The van der Waals surface area contributed by atoms with Gasteiger partial charge in [0.25, 0.3) is 0 Å². The highest BCUT2D eigenvalue weighted by atomic mass is 16.2. The van der Waals surface area contributed by atoms with Gasteiger partial charge >= 0.3 is 0 Å². The summed E-state index contributed by atoms with van der Waals surface area (Å²) in [6.45, 7) is 5.59. The van der Waals surface area contributed by atoms with Gasteiger partial charge in [0.05, 0.1) is 12.6 Å². The van der Waals surface area contributed by atoms with E-state index >= 15 is 0 Å². The van der Waals surface area contributed by atoms with Crippen LogP contribution in [-0.4, -0.2) is 29.8 Å². The fraction of sp³-hybridized carbons (Fsp3) is 0.700. The molecule has 1 unspecified atom stereocenters. The number of carbonyl (C=O) groups excluding carboxylic acids is 2. The maximum absolute atomic E-state index is 11.8. The number of primary amides is 1. The van der Waals surface area contributed by atoms with Gasteiger partial charge in [0.15, 0.2) is 0 Å². The van der Waals surface area contributed by atoms with Gasteiger partial charge in [0.2, 0.25) is 11.8 Å². The number of rotatable bonds is 5. The zero-order valence-electron chi connectivity index (χ0n) is 9.36. The van der Waals surface area contributed by atoms with Gasteiger partial charge in [-0.1, -0.05) is 13.8 Å². The highest BCUT2D eigenvalue weighted by molar-refractivity contribution is 5.86. The zero-order valence-corrected chi connectivity index (χ0v) is 9.36. The quantitative estimate of drug-likeness (QED) is 0.700. The van der Waals surface area contributed by atoms with Crippen molar-refractivity contribution < 1.29 is 9.59 Å². The van der Waals surface area contributed by atoms with Crippen molar-refractivity contribution in [1.82, 2.24) is 4.90 Å². The second-order valence-corrected chi connectivity index (χ2v) is 3.67. The predicted octanol–water partition coefficient (Wildman–Crippen LogP) is 0.116. The van der Waals surface area contributed by atoms with Crippen molar-refractivity contribution >= 4 is 11.8 Å². The van der Waals surface area contributed by atoms with E-state index in [9.17, 15) is 9.59 Å². The molecule has 0 bridgehead atoms. The fourth-order valence-electron chi connectivity index (χ4n) is 1.22. The molecule has 0 aliphatic rings. The van der Waals surface area contributed by atoms with Gasteiger partial charge in [-0.25, -0.2) is 0 Å². The monoisotopic (exact) mass is 211 g/mol. The fourth-order valence-corrected chi connectivity index (χ4v) is 1.22. The van der Waals surface area contributed by atoms with E-state index in [2.05, 4.69) is 0 Å². The first-order chi connectivity index (χ1) is 6.93. The molecule has 5 nitrogen and oxygen atoms in total. The van der Waals surface area contributed by atoms with Crippen LogP contribution in [0.3, 0.4) is 0 Å². The second kappa shape index (κ2) is 6.02. The first kappa shape index (κ1) is 13.4. The number of likely N-dealkylation sites (N-methyl/N-ethyl adjacent to an activating group) is 1. The standard InChI is InChI=1S/C10H17N3O2/c1-4-13(6-9(12)14)10(15)8(5-11)7(2)3/h7-8H,4,6H2,1-3H3,(H2,12,14). The van der Waals surface area contributed by atoms with Crippen molar-refractivity contribution in [2.24, 2.45) is 17.6 Å². The number of nitriles is 1. The minimum absolute atomic E-state index is 0.0653. The molecule has 0 spiro atoms. The molecule has 2 N–H and O–H groups in total. The van der Waals surface area contributed by atoms with Crippen molar-refractivity contribution in [3.05, 3.63) is 0 Å². The molecular formula is C10H17N3O2. The summed E-state index contributed by atoms with van der Waals surface area (Å²) in [5, 5.41) is 8.83. The topological polar surface area (TPSA) is 87.2 Å². The van der Waals surface area contributed by atoms with Gasteiger partial charge < -0.3 is 10.6 Å². The summed E-state index contributed by atoms with van der Waals surface area (Å²) in [7, 11) is 0.